The highest BCUT2D eigenvalue weighted by molar-refractivity contribution is 7.99. The lowest BCUT2D eigenvalue weighted by molar-refractivity contribution is 0.0686. The molecule has 0 saturated carbocycles. The summed E-state index contributed by atoms with van der Waals surface area (Å²) in [7, 11) is 0. The summed E-state index contributed by atoms with van der Waals surface area (Å²) in [6.07, 6.45) is 0.729. The first kappa shape index (κ1) is 16.0. The van der Waals surface area contributed by atoms with Crippen molar-refractivity contribution in [3.05, 3.63) is 35.3 Å². The summed E-state index contributed by atoms with van der Waals surface area (Å²) in [6.45, 7) is 4.11. The number of aromatic nitrogens is 3. The molecule has 1 aromatic heterocycles. The molecule has 0 fully saturated rings. The molecule has 5 nitrogen and oxygen atoms in total. The largest absolute Gasteiger partial charge is 0.476 e. The van der Waals surface area contributed by atoms with Gasteiger partial charge in [0, 0.05) is 16.9 Å². The first-order valence-corrected chi connectivity index (χ1v) is 7.39. The van der Waals surface area contributed by atoms with Gasteiger partial charge in [0.1, 0.15) is 10.8 Å². The normalized spacial score (nSPS) is 10.4. The number of aromatic amines is 1. The molecule has 22 heavy (non-hydrogen) atoms. The SMILES string of the molecule is CC(C)CC#Cc1cc(F)cc(Sc2[nH]nnc2C(=O)O)c1. The second-order valence-corrected chi connectivity index (χ2v) is 6.06. The van der Waals surface area contributed by atoms with Crippen LogP contribution in [0, 0.1) is 23.6 Å². The van der Waals surface area contributed by atoms with Crippen LogP contribution in [-0.4, -0.2) is 26.5 Å². The molecule has 0 atom stereocenters. The number of aromatic carboxylic acids is 1. The van der Waals surface area contributed by atoms with E-state index in [1.54, 1.807) is 6.07 Å². The van der Waals surface area contributed by atoms with Crippen molar-refractivity contribution in [1.82, 2.24) is 15.4 Å². The molecule has 1 heterocycles. The van der Waals surface area contributed by atoms with Crippen molar-refractivity contribution in [2.24, 2.45) is 5.92 Å². The Kier molecular flexibility index (Phi) is 5.17. The molecule has 114 valence electrons. The minimum absolute atomic E-state index is 0.193. The fourth-order valence-corrected chi connectivity index (χ4v) is 2.50. The Morgan fingerprint density at radius 2 is 2.23 bits per heavy atom. The number of nitrogens with zero attached hydrogens (tertiary/aromatic N) is 2. The Morgan fingerprint density at radius 1 is 1.45 bits per heavy atom. The van der Waals surface area contributed by atoms with E-state index in [9.17, 15) is 9.18 Å². The van der Waals surface area contributed by atoms with E-state index in [0.29, 0.717) is 16.4 Å². The number of H-pyrrole nitrogens is 1. The van der Waals surface area contributed by atoms with Gasteiger partial charge in [-0.3, -0.25) is 5.10 Å². The van der Waals surface area contributed by atoms with Crippen LogP contribution in [0.25, 0.3) is 0 Å². The van der Waals surface area contributed by atoms with Gasteiger partial charge in [-0.2, -0.15) is 0 Å². The summed E-state index contributed by atoms with van der Waals surface area (Å²) < 4.78 is 13.7. The molecule has 0 saturated heterocycles. The molecule has 0 aliphatic heterocycles. The predicted molar refractivity (Wildman–Crippen MR) is 80.2 cm³/mol. The minimum atomic E-state index is -1.19. The Hall–Kier alpha value is -2.33. The number of carboxylic acid groups (broad SMARTS) is 1. The fourth-order valence-electron chi connectivity index (χ4n) is 1.60. The fraction of sp³-hybridized carbons (Fsp3) is 0.267. The molecular weight excluding hydrogens is 305 g/mol. The van der Waals surface area contributed by atoms with E-state index in [1.807, 2.05) is 0 Å². The Morgan fingerprint density at radius 3 is 2.91 bits per heavy atom. The van der Waals surface area contributed by atoms with Crippen LogP contribution in [0.3, 0.4) is 0 Å². The summed E-state index contributed by atoms with van der Waals surface area (Å²) in [5.74, 6) is 4.74. The van der Waals surface area contributed by atoms with Crippen molar-refractivity contribution in [3.63, 3.8) is 0 Å². The van der Waals surface area contributed by atoms with Crippen LogP contribution < -0.4 is 0 Å². The molecule has 0 bridgehead atoms. The van der Waals surface area contributed by atoms with E-state index < -0.39 is 11.8 Å². The molecule has 0 unspecified atom stereocenters. The average molecular weight is 319 g/mol. The van der Waals surface area contributed by atoms with Crippen molar-refractivity contribution in [3.8, 4) is 11.8 Å². The number of carboxylic acids is 1. The van der Waals surface area contributed by atoms with Gasteiger partial charge in [0.05, 0.1) is 0 Å². The molecule has 0 amide bonds. The van der Waals surface area contributed by atoms with Crippen LogP contribution in [0.1, 0.15) is 36.3 Å². The van der Waals surface area contributed by atoms with Gasteiger partial charge in [0.15, 0.2) is 0 Å². The van der Waals surface area contributed by atoms with Crippen molar-refractivity contribution < 1.29 is 14.3 Å². The third-order valence-electron chi connectivity index (χ3n) is 2.55. The summed E-state index contributed by atoms with van der Waals surface area (Å²) in [6, 6.07) is 4.36. The summed E-state index contributed by atoms with van der Waals surface area (Å²) in [4.78, 5) is 11.5. The van der Waals surface area contributed by atoms with Crippen molar-refractivity contribution >= 4 is 17.7 Å². The monoisotopic (exact) mass is 319 g/mol. The van der Waals surface area contributed by atoms with E-state index in [0.717, 1.165) is 18.2 Å². The molecule has 0 spiro atoms. The number of rotatable bonds is 4. The molecule has 2 N–H and O–H groups in total. The van der Waals surface area contributed by atoms with Gasteiger partial charge in [-0.1, -0.05) is 42.7 Å². The molecule has 2 rings (SSSR count). The molecule has 2 aromatic rings. The number of carbonyl (C=O) groups is 1. The van der Waals surface area contributed by atoms with Crippen LogP contribution in [-0.2, 0) is 0 Å². The second kappa shape index (κ2) is 7.09. The van der Waals surface area contributed by atoms with Gasteiger partial charge in [-0.05, 0) is 24.1 Å². The zero-order valence-corrected chi connectivity index (χ0v) is 12.9. The number of nitrogens with one attached hydrogen (secondary N) is 1. The topological polar surface area (TPSA) is 78.9 Å². The zero-order valence-electron chi connectivity index (χ0n) is 12.1. The molecule has 7 heteroatoms. The minimum Gasteiger partial charge on any atom is -0.476 e. The van der Waals surface area contributed by atoms with Crippen LogP contribution in [0.15, 0.2) is 28.1 Å². The second-order valence-electron chi connectivity index (χ2n) is 4.97. The third-order valence-corrected chi connectivity index (χ3v) is 3.51. The standard InChI is InChI=1S/C15H14FN3O2S/c1-9(2)4-3-5-10-6-11(16)8-12(7-10)22-14-13(15(20)21)17-19-18-14/h6-9H,4H2,1-2H3,(H,20,21)(H,17,18,19). The predicted octanol–water partition coefficient (Wildman–Crippen LogP) is 3.19. The van der Waals surface area contributed by atoms with Gasteiger partial charge in [-0.15, -0.1) is 5.10 Å². The van der Waals surface area contributed by atoms with E-state index in [2.05, 4.69) is 41.1 Å². The first-order chi connectivity index (χ1) is 10.5. The van der Waals surface area contributed by atoms with Gasteiger partial charge < -0.3 is 5.11 Å². The van der Waals surface area contributed by atoms with Crippen molar-refractivity contribution in [2.45, 2.75) is 30.2 Å². The van der Waals surface area contributed by atoms with Gasteiger partial charge in [0.25, 0.3) is 0 Å². The average Bonchev–Trinajstić information content (AvgIpc) is 2.85. The summed E-state index contributed by atoms with van der Waals surface area (Å²) >= 11 is 1.05. The lowest BCUT2D eigenvalue weighted by atomic mass is 10.1. The first-order valence-electron chi connectivity index (χ1n) is 6.57. The highest BCUT2D eigenvalue weighted by Gasteiger charge is 2.16. The Balaban J connectivity index is 2.24. The van der Waals surface area contributed by atoms with Gasteiger partial charge in [0.2, 0.25) is 5.69 Å². The lowest BCUT2D eigenvalue weighted by Gasteiger charge is -2.01. The van der Waals surface area contributed by atoms with Crippen molar-refractivity contribution in [1.29, 1.82) is 0 Å². The van der Waals surface area contributed by atoms with Crippen LogP contribution >= 0.6 is 11.8 Å². The van der Waals surface area contributed by atoms with E-state index in [1.165, 1.54) is 12.1 Å². The quantitative estimate of drug-likeness (QED) is 0.846. The Bertz CT molecular complexity index is 747. The van der Waals surface area contributed by atoms with E-state index in [-0.39, 0.29) is 10.7 Å². The Labute approximate surface area is 131 Å². The van der Waals surface area contributed by atoms with E-state index >= 15 is 0 Å². The molecule has 1 aromatic carbocycles. The zero-order chi connectivity index (χ0) is 16.1. The van der Waals surface area contributed by atoms with Gasteiger partial charge >= 0.3 is 5.97 Å². The van der Waals surface area contributed by atoms with E-state index in [4.69, 9.17) is 5.11 Å². The van der Waals surface area contributed by atoms with Crippen LogP contribution in [0.5, 0.6) is 0 Å². The molecule has 0 radical (unpaired) electrons. The van der Waals surface area contributed by atoms with Crippen LogP contribution in [0.2, 0.25) is 0 Å². The maximum Gasteiger partial charge on any atom is 0.359 e. The number of halogens is 1. The van der Waals surface area contributed by atoms with Gasteiger partial charge in [-0.25, -0.2) is 9.18 Å². The number of hydrogen-bond acceptors (Lipinski definition) is 4. The highest BCUT2D eigenvalue weighted by atomic mass is 32.2. The highest BCUT2D eigenvalue weighted by Crippen LogP contribution is 2.29. The molecule has 0 aliphatic rings. The van der Waals surface area contributed by atoms with Crippen LogP contribution in [0.4, 0.5) is 4.39 Å². The smallest absolute Gasteiger partial charge is 0.359 e. The maximum atomic E-state index is 13.7. The molecule has 0 aliphatic carbocycles. The summed E-state index contributed by atoms with van der Waals surface area (Å²) in [5, 5.41) is 18.7. The van der Waals surface area contributed by atoms with Crippen molar-refractivity contribution in [2.75, 3.05) is 0 Å². The molecular formula is C15H14FN3O2S. The maximum absolute atomic E-state index is 13.7. The number of benzene rings is 1. The summed E-state index contributed by atoms with van der Waals surface area (Å²) in [5.41, 5.74) is 0.356. The third kappa shape index (κ3) is 4.33. The number of hydrogen-bond donors (Lipinski definition) is 2. The lowest BCUT2D eigenvalue weighted by Crippen LogP contribution is -1.98.